The number of nitrogens with zero attached hydrogens (tertiary/aromatic N) is 2. The number of carbonyl (C=O) groups excluding carboxylic acids is 1. The highest BCUT2D eigenvalue weighted by molar-refractivity contribution is 6.32. The van der Waals surface area contributed by atoms with Crippen molar-refractivity contribution in [1.82, 2.24) is 14.9 Å². The van der Waals surface area contributed by atoms with Crippen LogP contribution in [0.4, 0.5) is 0 Å². The summed E-state index contributed by atoms with van der Waals surface area (Å²) >= 11 is 5.89. The Kier molecular flexibility index (Phi) is 3.84. The first-order valence-electron chi connectivity index (χ1n) is 6.95. The van der Waals surface area contributed by atoms with Crippen molar-refractivity contribution in [1.29, 1.82) is 0 Å². The van der Waals surface area contributed by atoms with Crippen LogP contribution in [0.5, 0.6) is 5.75 Å². The van der Waals surface area contributed by atoms with Crippen molar-refractivity contribution in [2.24, 2.45) is 0 Å². The Hall–Kier alpha value is -2.01. The second-order valence-corrected chi connectivity index (χ2v) is 5.56. The zero-order valence-corrected chi connectivity index (χ0v) is 12.2. The predicted molar refractivity (Wildman–Crippen MR) is 79.3 cm³/mol. The number of carbonyl (C=O) groups is 1. The molecule has 6 heteroatoms. The average Bonchev–Trinajstić information content (AvgIpc) is 3.03. The molecule has 1 aromatic heterocycles. The van der Waals surface area contributed by atoms with Gasteiger partial charge in [-0.05, 0) is 37.5 Å². The van der Waals surface area contributed by atoms with E-state index in [-0.39, 0.29) is 22.7 Å². The molecule has 1 saturated heterocycles. The number of imidazole rings is 1. The van der Waals surface area contributed by atoms with Gasteiger partial charge in [-0.15, -0.1) is 0 Å². The van der Waals surface area contributed by atoms with Crippen molar-refractivity contribution in [2.75, 3.05) is 6.54 Å². The van der Waals surface area contributed by atoms with E-state index in [2.05, 4.69) is 9.97 Å². The van der Waals surface area contributed by atoms with Gasteiger partial charge in [-0.25, -0.2) is 4.98 Å². The smallest absolute Gasteiger partial charge is 0.254 e. The molecule has 1 fully saturated rings. The van der Waals surface area contributed by atoms with Crippen molar-refractivity contribution in [3.05, 3.63) is 47.0 Å². The monoisotopic (exact) mass is 305 g/mol. The highest BCUT2D eigenvalue weighted by Crippen LogP contribution is 2.31. The maximum atomic E-state index is 12.7. The zero-order valence-electron chi connectivity index (χ0n) is 11.4. The third-order valence-corrected chi connectivity index (χ3v) is 4.10. The number of aromatic nitrogens is 2. The molecule has 21 heavy (non-hydrogen) atoms. The Bertz CT molecular complexity index is 642. The first kappa shape index (κ1) is 13.9. The van der Waals surface area contributed by atoms with E-state index in [0.29, 0.717) is 12.1 Å². The van der Waals surface area contributed by atoms with Crippen LogP contribution in [0.25, 0.3) is 0 Å². The molecule has 3 rings (SSSR count). The summed E-state index contributed by atoms with van der Waals surface area (Å²) in [5, 5.41) is 9.65. The lowest BCUT2D eigenvalue weighted by Crippen LogP contribution is -2.39. The molecule has 0 aliphatic carbocycles. The molecule has 0 spiro atoms. The SMILES string of the molecule is O=C(c1ccc(O)c(Cl)c1)N1CCCC[C@H]1c1ncc[nH]1. The maximum absolute atomic E-state index is 12.7. The van der Waals surface area contributed by atoms with Crippen molar-refractivity contribution < 1.29 is 9.90 Å². The normalized spacial score (nSPS) is 18.7. The van der Waals surface area contributed by atoms with Gasteiger partial charge in [-0.3, -0.25) is 4.79 Å². The van der Waals surface area contributed by atoms with E-state index < -0.39 is 0 Å². The number of phenols is 1. The summed E-state index contributed by atoms with van der Waals surface area (Å²) in [5.41, 5.74) is 0.483. The Morgan fingerprint density at radius 1 is 1.43 bits per heavy atom. The molecule has 2 aromatic rings. The van der Waals surface area contributed by atoms with Crippen LogP contribution < -0.4 is 0 Å². The fourth-order valence-corrected chi connectivity index (χ4v) is 2.90. The molecule has 0 bridgehead atoms. The molecular weight excluding hydrogens is 290 g/mol. The summed E-state index contributed by atoms with van der Waals surface area (Å²) in [6.45, 7) is 0.697. The van der Waals surface area contributed by atoms with Crippen LogP contribution in [0, 0.1) is 0 Å². The van der Waals surface area contributed by atoms with E-state index in [1.807, 2.05) is 4.90 Å². The number of aromatic amines is 1. The number of halogens is 1. The van der Waals surface area contributed by atoms with Crippen LogP contribution in [0.15, 0.2) is 30.6 Å². The Balaban J connectivity index is 1.89. The lowest BCUT2D eigenvalue weighted by molar-refractivity contribution is 0.0601. The molecule has 2 heterocycles. The third-order valence-electron chi connectivity index (χ3n) is 3.79. The molecule has 1 aliphatic rings. The highest BCUT2D eigenvalue weighted by atomic mass is 35.5. The van der Waals surface area contributed by atoms with E-state index in [1.54, 1.807) is 18.5 Å². The van der Waals surface area contributed by atoms with Gasteiger partial charge in [0.05, 0.1) is 11.1 Å². The van der Waals surface area contributed by atoms with Crippen LogP contribution in [0.1, 0.15) is 41.5 Å². The third kappa shape index (κ3) is 2.74. The van der Waals surface area contributed by atoms with Gasteiger partial charge in [0.2, 0.25) is 0 Å². The number of piperidine rings is 1. The van der Waals surface area contributed by atoms with Crippen LogP contribution >= 0.6 is 11.6 Å². The fraction of sp³-hybridized carbons (Fsp3) is 0.333. The molecule has 0 unspecified atom stereocenters. The summed E-state index contributed by atoms with van der Waals surface area (Å²) in [4.78, 5) is 21.9. The van der Waals surface area contributed by atoms with E-state index in [0.717, 1.165) is 25.1 Å². The number of hydrogen-bond acceptors (Lipinski definition) is 3. The summed E-state index contributed by atoms with van der Waals surface area (Å²) in [5.74, 6) is 0.709. The largest absolute Gasteiger partial charge is 0.506 e. The number of benzene rings is 1. The number of likely N-dealkylation sites (tertiary alicyclic amines) is 1. The molecule has 0 radical (unpaired) electrons. The average molecular weight is 306 g/mol. The van der Waals surface area contributed by atoms with Gasteiger partial charge in [0.15, 0.2) is 0 Å². The number of H-pyrrole nitrogens is 1. The quantitative estimate of drug-likeness (QED) is 0.895. The van der Waals surface area contributed by atoms with Gasteiger partial charge >= 0.3 is 0 Å². The van der Waals surface area contributed by atoms with Gasteiger partial charge in [-0.1, -0.05) is 11.6 Å². The molecule has 0 saturated carbocycles. The Labute approximate surface area is 127 Å². The predicted octanol–water partition coefficient (Wildman–Crippen LogP) is 3.14. The second kappa shape index (κ2) is 5.77. The minimum absolute atomic E-state index is 0.0190. The topological polar surface area (TPSA) is 69.2 Å². The van der Waals surface area contributed by atoms with Crippen LogP contribution in [-0.2, 0) is 0 Å². The minimum atomic E-state index is -0.0852. The summed E-state index contributed by atoms with van der Waals surface area (Å²) in [6, 6.07) is 4.51. The van der Waals surface area contributed by atoms with E-state index in [9.17, 15) is 9.90 Å². The molecule has 1 aliphatic heterocycles. The zero-order chi connectivity index (χ0) is 14.8. The van der Waals surface area contributed by atoms with Gasteiger partial charge in [0.1, 0.15) is 11.6 Å². The van der Waals surface area contributed by atoms with Crippen LogP contribution in [-0.4, -0.2) is 32.4 Å². The van der Waals surface area contributed by atoms with Gasteiger partial charge in [0.25, 0.3) is 5.91 Å². The van der Waals surface area contributed by atoms with Gasteiger partial charge in [-0.2, -0.15) is 0 Å². The Morgan fingerprint density at radius 3 is 3.00 bits per heavy atom. The minimum Gasteiger partial charge on any atom is -0.506 e. The standard InChI is InChI=1S/C15H16ClN3O2/c16-11-9-10(4-5-13(11)20)15(21)19-8-2-1-3-12(19)14-17-6-7-18-14/h4-7,9,12,20H,1-3,8H2,(H,17,18)/t12-/m0/s1. The number of aromatic hydroxyl groups is 1. The first-order chi connectivity index (χ1) is 10.2. The van der Waals surface area contributed by atoms with E-state index in [1.165, 1.54) is 12.1 Å². The maximum Gasteiger partial charge on any atom is 0.254 e. The first-order valence-corrected chi connectivity index (χ1v) is 7.33. The summed E-state index contributed by atoms with van der Waals surface area (Å²) < 4.78 is 0. The molecule has 1 atom stereocenters. The molecular formula is C15H16ClN3O2. The molecule has 1 aromatic carbocycles. The molecule has 110 valence electrons. The lowest BCUT2D eigenvalue weighted by Gasteiger charge is -2.34. The van der Waals surface area contributed by atoms with E-state index >= 15 is 0 Å². The van der Waals surface area contributed by atoms with Crippen LogP contribution in [0.2, 0.25) is 5.02 Å². The molecule has 1 amide bonds. The van der Waals surface area contributed by atoms with Crippen molar-refractivity contribution >= 4 is 17.5 Å². The second-order valence-electron chi connectivity index (χ2n) is 5.15. The fourth-order valence-electron chi connectivity index (χ4n) is 2.72. The Morgan fingerprint density at radius 2 is 2.29 bits per heavy atom. The van der Waals surface area contributed by atoms with Crippen LogP contribution in [0.3, 0.4) is 0 Å². The molecule has 5 nitrogen and oxygen atoms in total. The summed E-state index contributed by atoms with van der Waals surface area (Å²) in [6.07, 6.45) is 6.42. The molecule has 2 N–H and O–H groups in total. The van der Waals surface area contributed by atoms with Gasteiger partial charge in [0, 0.05) is 24.5 Å². The number of nitrogens with one attached hydrogen (secondary N) is 1. The number of hydrogen-bond donors (Lipinski definition) is 2. The van der Waals surface area contributed by atoms with Crippen molar-refractivity contribution in [3.63, 3.8) is 0 Å². The number of rotatable bonds is 2. The van der Waals surface area contributed by atoms with Crippen molar-refractivity contribution in [2.45, 2.75) is 25.3 Å². The lowest BCUT2D eigenvalue weighted by atomic mass is 10.00. The van der Waals surface area contributed by atoms with Crippen molar-refractivity contribution in [3.8, 4) is 5.75 Å². The number of amides is 1. The summed E-state index contributed by atoms with van der Waals surface area (Å²) in [7, 11) is 0. The van der Waals surface area contributed by atoms with E-state index in [4.69, 9.17) is 11.6 Å². The number of phenolic OH excluding ortho intramolecular Hbond substituents is 1. The highest BCUT2D eigenvalue weighted by Gasteiger charge is 2.30. The van der Waals surface area contributed by atoms with Gasteiger partial charge < -0.3 is 15.0 Å².